The Hall–Kier alpha value is -3.12. The van der Waals surface area contributed by atoms with Gasteiger partial charge in [0.05, 0.1) is 6.54 Å². The van der Waals surface area contributed by atoms with Crippen molar-refractivity contribution < 1.29 is 9.59 Å². The number of carbonyl (C=O) groups excluding carboxylic acids is 2. The lowest BCUT2D eigenvalue weighted by atomic mass is 10.1. The molecule has 0 aliphatic heterocycles. The van der Waals surface area contributed by atoms with Gasteiger partial charge in [0.2, 0.25) is 11.8 Å². The molecule has 3 aromatic rings. The highest BCUT2D eigenvalue weighted by Crippen LogP contribution is 2.15. The summed E-state index contributed by atoms with van der Waals surface area (Å²) in [6.07, 6.45) is 8.24. The van der Waals surface area contributed by atoms with Crippen molar-refractivity contribution in [2.45, 2.75) is 53.1 Å². The summed E-state index contributed by atoms with van der Waals surface area (Å²) in [5, 5.41) is 0. The molecule has 0 N–H and O–H groups in total. The highest BCUT2D eigenvalue weighted by atomic mass is 79.9. The van der Waals surface area contributed by atoms with Gasteiger partial charge in [0.25, 0.3) is 0 Å². The maximum Gasteiger partial charge on any atom is 0.247 e. The summed E-state index contributed by atoms with van der Waals surface area (Å²) in [7, 11) is 0. The first-order valence-corrected chi connectivity index (χ1v) is 14.3. The lowest BCUT2D eigenvalue weighted by molar-refractivity contribution is -0.138. The van der Waals surface area contributed by atoms with Crippen LogP contribution in [0.4, 0.5) is 0 Å². The van der Waals surface area contributed by atoms with Crippen LogP contribution in [0.2, 0.25) is 0 Å². The van der Waals surface area contributed by atoms with E-state index in [1.807, 2.05) is 59.5 Å². The number of nitrogens with zero attached hydrogens (tertiary/aromatic N) is 3. The molecule has 0 aliphatic rings. The molecular weight excluding hydrogens is 538 g/mol. The largest absolute Gasteiger partial charge is 0.345 e. The van der Waals surface area contributed by atoms with E-state index in [9.17, 15) is 9.59 Å². The van der Waals surface area contributed by atoms with E-state index in [4.69, 9.17) is 0 Å². The van der Waals surface area contributed by atoms with Gasteiger partial charge in [0, 0.05) is 42.1 Å². The summed E-state index contributed by atoms with van der Waals surface area (Å²) in [5.74, 6) is 0.300. The second-order valence-electron chi connectivity index (χ2n) is 10.1. The van der Waals surface area contributed by atoms with Crippen molar-refractivity contribution in [3.8, 4) is 0 Å². The number of unbranched alkanes of at least 4 members (excludes halogenated alkanes) is 1. The van der Waals surface area contributed by atoms with Crippen LogP contribution in [0.5, 0.6) is 0 Å². The molecule has 0 radical (unpaired) electrons. The minimum Gasteiger partial charge on any atom is -0.345 e. The molecule has 202 valence electrons. The molecule has 0 saturated heterocycles. The monoisotopic (exact) mass is 577 g/mol. The van der Waals surface area contributed by atoms with Crippen LogP contribution in [-0.2, 0) is 22.7 Å². The van der Waals surface area contributed by atoms with E-state index < -0.39 is 0 Å². The number of halogens is 1. The fraction of sp³-hybridized carbons (Fsp3) is 0.375. The number of hydrogen-bond donors (Lipinski definition) is 0. The average Bonchev–Trinajstić information content (AvgIpc) is 3.35. The molecule has 1 heterocycles. The molecular formula is C32H40BrN3O2. The zero-order valence-corrected chi connectivity index (χ0v) is 24.4. The van der Waals surface area contributed by atoms with Crippen LogP contribution in [-0.4, -0.2) is 45.8 Å². The summed E-state index contributed by atoms with van der Waals surface area (Å²) in [5.41, 5.74) is 3.25. The van der Waals surface area contributed by atoms with Crippen LogP contribution in [0, 0.1) is 5.92 Å². The summed E-state index contributed by atoms with van der Waals surface area (Å²) in [4.78, 5) is 30.4. The number of aromatic nitrogens is 1. The molecule has 0 atom stereocenters. The van der Waals surface area contributed by atoms with Gasteiger partial charge in [-0.05, 0) is 60.2 Å². The van der Waals surface area contributed by atoms with Crippen LogP contribution >= 0.6 is 15.9 Å². The third-order valence-corrected chi connectivity index (χ3v) is 7.04. The number of carbonyl (C=O) groups is 2. The van der Waals surface area contributed by atoms with E-state index in [1.165, 1.54) is 5.56 Å². The first kappa shape index (κ1) is 29.4. The predicted octanol–water partition coefficient (Wildman–Crippen LogP) is 7.02. The number of benzene rings is 2. The van der Waals surface area contributed by atoms with Crippen LogP contribution in [0.15, 0.2) is 83.5 Å². The highest BCUT2D eigenvalue weighted by Gasteiger charge is 2.21. The maximum atomic E-state index is 13.6. The summed E-state index contributed by atoms with van der Waals surface area (Å²) >= 11 is 3.50. The molecule has 0 spiro atoms. The van der Waals surface area contributed by atoms with Crippen molar-refractivity contribution in [1.29, 1.82) is 0 Å². The Balaban J connectivity index is 1.73. The number of amides is 2. The predicted molar refractivity (Wildman–Crippen MR) is 160 cm³/mol. The third kappa shape index (κ3) is 9.64. The Morgan fingerprint density at radius 1 is 0.947 bits per heavy atom. The summed E-state index contributed by atoms with van der Waals surface area (Å²) < 4.78 is 3.25. The third-order valence-electron chi connectivity index (χ3n) is 6.51. The Bertz CT molecular complexity index is 1170. The number of rotatable bonds is 14. The van der Waals surface area contributed by atoms with E-state index in [2.05, 4.69) is 65.7 Å². The quantitative estimate of drug-likeness (QED) is 0.193. The van der Waals surface area contributed by atoms with Gasteiger partial charge in [-0.2, -0.15) is 0 Å². The first-order valence-electron chi connectivity index (χ1n) is 13.5. The van der Waals surface area contributed by atoms with E-state index in [0.717, 1.165) is 41.5 Å². The molecule has 2 aromatic carbocycles. The van der Waals surface area contributed by atoms with E-state index in [0.29, 0.717) is 25.6 Å². The SMILES string of the molecule is CCCCN(Cc1cccn1Cc1ccc(Br)cc1)C(=O)CN(CCC(C)C)C(=O)/C=C/c1ccccc1. The fourth-order valence-corrected chi connectivity index (χ4v) is 4.42. The van der Waals surface area contributed by atoms with Crippen LogP contribution < -0.4 is 0 Å². The van der Waals surface area contributed by atoms with Crippen molar-refractivity contribution in [1.82, 2.24) is 14.4 Å². The lowest BCUT2D eigenvalue weighted by Gasteiger charge is -2.28. The Morgan fingerprint density at radius 3 is 2.37 bits per heavy atom. The molecule has 3 rings (SSSR count). The molecule has 0 fully saturated rings. The van der Waals surface area contributed by atoms with Gasteiger partial charge in [-0.25, -0.2) is 0 Å². The molecule has 1 aromatic heterocycles. The second kappa shape index (κ2) is 15.3. The maximum absolute atomic E-state index is 13.6. The van der Waals surface area contributed by atoms with Gasteiger partial charge in [0.1, 0.15) is 6.54 Å². The van der Waals surface area contributed by atoms with Gasteiger partial charge >= 0.3 is 0 Å². The summed E-state index contributed by atoms with van der Waals surface area (Å²) in [6, 6.07) is 22.2. The van der Waals surface area contributed by atoms with E-state index in [-0.39, 0.29) is 18.4 Å². The molecule has 0 aliphatic carbocycles. The van der Waals surface area contributed by atoms with Crippen LogP contribution in [0.25, 0.3) is 6.08 Å². The topological polar surface area (TPSA) is 45.6 Å². The molecule has 0 bridgehead atoms. The van der Waals surface area contributed by atoms with Crippen molar-refractivity contribution in [3.63, 3.8) is 0 Å². The Morgan fingerprint density at radius 2 is 1.68 bits per heavy atom. The lowest BCUT2D eigenvalue weighted by Crippen LogP contribution is -2.43. The zero-order chi connectivity index (χ0) is 27.3. The Labute approximate surface area is 236 Å². The average molecular weight is 579 g/mol. The standard InChI is InChI=1S/C32H40BrN3O2/c1-4-5-20-35(24-30-12-9-21-34(30)23-28-13-16-29(33)17-14-28)32(38)25-36(22-19-26(2)3)31(37)18-15-27-10-7-6-8-11-27/h6-18,21,26H,4-5,19-20,22-25H2,1-3H3/b18-15+. The van der Waals surface area contributed by atoms with Gasteiger partial charge < -0.3 is 14.4 Å². The minimum absolute atomic E-state index is 0.0138. The molecule has 0 unspecified atom stereocenters. The van der Waals surface area contributed by atoms with E-state index >= 15 is 0 Å². The van der Waals surface area contributed by atoms with Crippen LogP contribution in [0.3, 0.4) is 0 Å². The first-order chi connectivity index (χ1) is 18.4. The summed E-state index contributed by atoms with van der Waals surface area (Å²) in [6.45, 7) is 8.99. The minimum atomic E-state index is -0.128. The van der Waals surface area contributed by atoms with Crippen molar-refractivity contribution in [2.24, 2.45) is 5.92 Å². The van der Waals surface area contributed by atoms with Crippen molar-refractivity contribution >= 4 is 33.8 Å². The second-order valence-corrected chi connectivity index (χ2v) is 11.0. The number of hydrogen-bond acceptors (Lipinski definition) is 2. The highest BCUT2D eigenvalue weighted by molar-refractivity contribution is 9.10. The van der Waals surface area contributed by atoms with Gasteiger partial charge in [0.15, 0.2) is 0 Å². The van der Waals surface area contributed by atoms with E-state index in [1.54, 1.807) is 11.0 Å². The van der Waals surface area contributed by atoms with Gasteiger partial charge in [-0.1, -0.05) is 85.6 Å². The molecule has 38 heavy (non-hydrogen) atoms. The smallest absolute Gasteiger partial charge is 0.247 e. The molecule has 0 saturated carbocycles. The van der Waals surface area contributed by atoms with Gasteiger partial charge in [-0.15, -0.1) is 0 Å². The van der Waals surface area contributed by atoms with Crippen molar-refractivity contribution in [3.05, 3.63) is 100 Å². The zero-order valence-electron chi connectivity index (χ0n) is 22.9. The van der Waals surface area contributed by atoms with Crippen LogP contribution in [0.1, 0.15) is 56.9 Å². The molecule has 5 nitrogen and oxygen atoms in total. The van der Waals surface area contributed by atoms with Gasteiger partial charge in [-0.3, -0.25) is 9.59 Å². The normalized spacial score (nSPS) is 11.3. The Kier molecular flexibility index (Phi) is 11.9. The fourth-order valence-electron chi connectivity index (χ4n) is 4.15. The molecule has 2 amide bonds. The molecule has 6 heteroatoms. The van der Waals surface area contributed by atoms with Crippen molar-refractivity contribution in [2.75, 3.05) is 19.6 Å².